The topological polar surface area (TPSA) is 21.3 Å². The highest BCUT2D eigenvalue weighted by Crippen LogP contribution is 2.33. The van der Waals surface area contributed by atoms with Gasteiger partial charge in [0, 0.05) is 6.54 Å². The second-order valence-electron chi connectivity index (χ2n) is 5.34. The number of likely N-dealkylation sites (N-methyl/N-ethyl adjacent to an activating group) is 1. The molecular formula is C13H27NO. The lowest BCUT2D eigenvalue weighted by Gasteiger charge is -2.40. The molecule has 1 N–H and O–H groups in total. The summed E-state index contributed by atoms with van der Waals surface area (Å²) < 4.78 is 6.32. The monoisotopic (exact) mass is 213 g/mol. The number of ether oxygens (including phenoxy) is 1. The average molecular weight is 213 g/mol. The minimum atomic E-state index is 0.122. The molecule has 15 heavy (non-hydrogen) atoms. The largest absolute Gasteiger partial charge is 0.370 e. The van der Waals surface area contributed by atoms with Crippen LogP contribution >= 0.6 is 0 Å². The van der Waals surface area contributed by atoms with Crippen LogP contribution in [0, 0.1) is 5.92 Å². The van der Waals surface area contributed by atoms with Crippen LogP contribution in [0.3, 0.4) is 0 Å². The highest BCUT2D eigenvalue weighted by molar-refractivity contribution is 4.87. The Morgan fingerprint density at radius 3 is 2.20 bits per heavy atom. The van der Waals surface area contributed by atoms with Crippen molar-refractivity contribution in [1.82, 2.24) is 5.32 Å². The summed E-state index contributed by atoms with van der Waals surface area (Å²) in [7, 11) is 2.03. The molecule has 0 aromatic carbocycles. The first kappa shape index (κ1) is 13.0. The Morgan fingerprint density at radius 1 is 1.13 bits per heavy atom. The van der Waals surface area contributed by atoms with Gasteiger partial charge in [-0.1, -0.05) is 33.1 Å². The van der Waals surface area contributed by atoms with Crippen LogP contribution in [0.4, 0.5) is 0 Å². The summed E-state index contributed by atoms with van der Waals surface area (Å²) in [5, 5.41) is 3.30. The molecule has 0 bridgehead atoms. The van der Waals surface area contributed by atoms with Crippen molar-refractivity contribution in [3.63, 3.8) is 0 Å². The van der Waals surface area contributed by atoms with Gasteiger partial charge in [-0.3, -0.25) is 0 Å². The summed E-state index contributed by atoms with van der Waals surface area (Å²) in [5.41, 5.74) is 0.122. The molecule has 0 radical (unpaired) electrons. The molecule has 1 aliphatic carbocycles. The van der Waals surface area contributed by atoms with Crippen LogP contribution < -0.4 is 5.32 Å². The third kappa shape index (κ3) is 3.76. The van der Waals surface area contributed by atoms with E-state index in [1.165, 1.54) is 32.1 Å². The van der Waals surface area contributed by atoms with Crippen molar-refractivity contribution in [3.05, 3.63) is 0 Å². The van der Waals surface area contributed by atoms with Crippen molar-refractivity contribution < 1.29 is 4.74 Å². The second-order valence-corrected chi connectivity index (χ2v) is 5.34. The van der Waals surface area contributed by atoms with E-state index in [2.05, 4.69) is 26.1 Å². The van der Waals surface area contributed by atoms with Gasteiger partial charge in [-0.2, -0.15) is 0 Å². The zero-order valence-corrected chi connectivity index (χ0v) is 10.8. The molecule has 2 heteroatoms. The predicted octanol–water partition coefficient (Wildman–Crippen LogP) is 2.97. The van der Waals surface area contributed by atoms with Crippen molar-refractivity contribution in [3.8, 4) is 0 Å². The zero-order chi connectivity index (χ0) is 11.3. The molecule has 2 nitrogen and oxygen atoms in total. The Kier molecular flexibility index (Phi) is 5.07. The Balaban J connectivity index is 2.55. The first-order valence-corrected chi connectivity index (χ1v) is 6.42. The van der Waals surface area contributed by atoms with Gasteiger partial charge >= 0.3 is 0 Å². The lowest BCUT2D eigenvalue weighted by Crippen LogP contribution is -2.46. The van der Waals surface area contributed by atoms with E-state index in [4.69, 9.17) is 4.74 Å². The van der Waals surface area contributed by atoms with Gasteiger partial charge in [0.05, 0.1) is 11.7 Å². The predicted molar refractivity (Wildman–Crippen MR) is 65.1 cm³/mol. The van der Waals surface area contributed by atoms with Crippen molar-refractivity contribution in [2.45, 2.75) is 64.6 Å². The molecule has 0 aliphatic heterocycles. The number of hydrogen-bond acceptors (Lipinski definition) is 2. The van der Waals surface area contributed by atoms with Crippen LogP contribution in [-0.4, -0.2) is 25.3 Å². The van der Waals surface area contributed by atoms with Crippen molar-refractivity contribution >= 4 is 0 Å². The summed E-state index contributed by atoms with van der Waals surface area (Å²) in [6.07, 6.45) is 6.86. The second kappa shape index (κ2) is 5.86. The van der Waals surface area contributed by atoms with Gasteiger partial charge < -0.3 is 10.1 Å². The molecule has 0 spiro atoms. The molecule has 1 saturated carbocycles. The third-order valence-electron chi connectivity index (χ3n) is 3.64. The van der Waals surface area contributed by atoms with Gasteiger partial charge in [0.1, 0.15) is 0 Å². The molecule has 0 heterocycles. The Bertz CT molecular complexity index is 168. The van der Waals surface area contributed by atoms with Crippen LogP contribution in [0.15, 0.2) is 0 Å². The fourth-order valence-corrected chi connectivity index (χ4v) is 2.38. The van der Waals surface area contributed by atoms with Gasteiger partial charge in [-0.05, 0) is 32.7 Å². The van der Waals surface area contributed by atoms with Crippen LogP contribution in [-0.2, 0) is 4.74 Å². The standard InChI is InChI=1S/C13H27NO/c1-11(2)12(3)15-13(10-14-4)8-6-5-7-9-13/h11-12,14H,5-10H2,1-4H3. The van der Waals surface area contributed by atoms with E-state index in [0.29, 0.717) is 12.0 Å². The lowest BCUT2D eigenvalue weighted by molar-refractivity contribution is -0.118. The minimum Gasteiger partial charge on any atom is -0.370 e. The molecular weight excluding hydrogens is 186 g/mol. The van der Waals surface area contributed by atoms with Gasteiger partial charge in [0.25, 0.3) is 0 Å². The maximum absolute atomic E-state index is 6.32. The van der Waals surface area contributed by atoms with Gasteiger partial charge in [-0.15, -0.1) is 0 Å². The maximum Gasteiger partial charge on any atom is 0.0809 e. The summed E-state index contributed by atoms with van der Waals surface area (Å²) in [6, 6.07) is 0. The van der Waals surface area contributed by atoms with Crippen LogP contribution in [0.5, 0.6) is 0 Å². The van der Waals surface area contributed by atoms with E-state index < -0.39 is 0 Å². The Hall–Kier alpha value is -0.0800. The van der Waals surface area contributed by atoms with Crippen molar-refractivity contribution in [2.24, 2.45) is 5.92 Å². The normalized spacial score (nSPS) is 23.0. The molecule has 1 rings (SSSR count). The van der Waals surface area contributed by atoms with Gasteiger partial charge in [-0.25, -0.2) is 0 Å². The summed E-state index contributed by atoms with van der Waals surface area (Å²) in [6.45, 7) is 7.68. The molecule has 0 aromatic rings. The smallest absolute Gasteiger partial charge is 0.0809 e. The Labute approximate surface area is 94.8 Å². The first-order valence-electron chi connectivity index (χ1n) is 6.42. The molecule has 0 saturated heterocycles. The van der Waals surface area contributed by atoms with E-state index in [1.54, 1.807) is 0 Å². The van der Waals surface area contributed by atoms with E-state index in [9.17, 15) is 0 Å². The molecule has 90 valence electrons. The number of hydrogen-bond donors (Lipinski definition) is 1. The molecule has 1 atom stereocenters. The summed E-state index contributed by atoms with van der Waals surface area (Å²) in [4.78, 5) is 0. The Morgan fingerprint density at radius 2 is 1.73 bits per heavy atom. The fourth-order valence-electron chi connectivity index (χ4n) is 2.38. The van der Waals surface area contributed by atoms with E-state index in [1.807, 2.05) is 7.05 Å². The highest BCUT2D eigenvalue weighted by Gasteiger charge is 2.34. The van der Waals surface area contributed by atoms with Gasteiger partial charge in [0.15, 0.2) is 0 Å². The minimum absolute atomic E-state index is 0.122. The lowest BCUT2D eigenvalue weighted by atomic mass is 9.84. The SMILES string of the molecule is CNCC1(OC(C)C(C)C)CCCCC1. The summed E-state index contributed by atoms with van der Waals surface area (Å²) >= 11 is 0. The molecule has 0 amide bonds. The molecule has 1 unspecified atom stereocenters. The highest BCUT2D eigenvalue weighted by atomic mass is 16.5. The third-order valence-corrected chi connectivity index (χ3v) is 3.64. The first-order chi connectivity index (χ1) is 7.09. The van der Waals surface area contributed by atoms with E-state index >= 15 is 0 Å². The molecule has 1 aliphatic rings. The fraction of sp³-hybridized carbons (Fsp3) is 1.00. The zero-order valence-electron chi connectivity index (χ0n) is 10.8. The molecule has 1 fully saturated rings. The van der Waals surface area contributed by atoms with Crippen LogP contribution in [0.2, 0.25) is 0 Å². The summed E-state index contributed by atoms with van der Waals surface area (Å²) in [5.74, 6) is 0.612. The van der Waals surface area contributed by atoms with E-state index in [0.717, 1.165) is 6.54 Å². The van der Waals surface area contributed by atoms with Crippen LogP contribution in [0.25, 0.3) is 0 Å². The van der Waals surface area contributed by atoms with Gasteiger partial charge in [0.2, 0.25) is 0 Å². The van der Waals surface area contributed by atoms with Crippen LogP contribution in [0.1, 0.15) is 52.9 Å². The molecule has 0 aromatic heterocycles. The quantitative estimate of drug-likeness (QED) is 0.758. The number of rotatable bonds is 5. The average Bonchev–Trinajstić information content (AvgIpc) is 2.19. The van der Waals surface area contributed by atoms with E-state index in [-0.39, 0.29) is 5.60 Å². The number of nitrogens with one attached hydrogen (secondary N) is 1. The van der Waals surface area contributed by atoms with Crippen molar-refractivity contribution in [2.75, 3.05) is 13.6 Å². The maximum atomic E-state index is 6.32. The van der Waals surface area contributed by atoms with Crippen molar-refractivity contribution in [1.29, 1.82) is 0 Å².